The molecule has 2 rings (SSSR count). The van der Waals surface area contributed by atoms with Crippen LogP contribution >= 0.6 is 43.2 Å². The fraction of sp³-hybridized carbons (Fsp3) is 0.462. The number of halogens is 2. The van der Waals surface area contributed by atoms with E-state index >= 15 is 0 Å². The van der Waals surface area contributed by atoms with Gasteiger partial charge in [0.25, 0.3) is 0 Å². The number of rotatable bonds is 3. The molecule has 0 unspecified atom stereocenters. The zero-order valence-corrected chi connectivity index (χ0v) is 15.0. The molecule has 0 bridgehead atoms. The Kier molecular flexibility index (Phi) is 4.51. The van der Waals surface area contributed by atoms with Gasteiger partial charge in [-0.15, -0.1) is 11.3 Å². The molecule has 1 aromatic heterocycles. The van der Waals surface area contributed by atoms with Crippen LogP contribution < -0.4 is 0 Å². The molecule has 0 N–H and O–H groups in total. The Balaban J connectivity index is 2.14. The third-order valence-electron chi connectivity index (χ3n) is 3.12. The van der Waals surface area contributed by atoms with Gasteiger partial charge in [-0.2, -0.15) is 0 Å². The van der Waals surface area contributed by atoms with Crippen molar-refractivity contribution < 1.29 is 14.4 Å². The van der Waals surface area contributed by atoms with Gasteiger partial charge < -0.3 is 0 Å². The van der Waals surface area contributed by atoms with Crippen molar-refractivity contribution in [2.45, 2.75) is 26.7 Å². The van der Waals surface area contributed by atoms with Crippen molar-refractivity contribution >= 4 is 60.8 Å². The van der Waals surface area contributed by atoms with Crippen molar-refractivity contribution in [3.05, 3.63) is 19.2 Å². The highest BCUT2D eigenvalue weighted by Crippen LogP contribution is 2.34. The van der Waals surface area contributed by atoms with Gasteiger partial charge in [0.05, 0.1) is 14.1 Å². The van der Waals surface area contributed by atoms with E-state index in [-0.39, 0.29) is 29.6 Å². The molecule has 20 heavy (non-hydrogen) atoms. The molecular weight excluding hydrogens is 410 g/mol. The largest absolute Gasteiger partial charge is 0.292 e. The van der Waals surface area contributed by atoms with Crippen molar-refractivity contribution in [1.82, 2.24) is 4.90 Å². The predicted octanol–water partition coefficient (Wildman–Crippen LogP) is 3.63. The summed E-state index contributed by atoms with van der Waals surface area (Å²) in [7, 11) is 0. The fourth-order valence-electron chi connectivity index (χ4n) is 2.15. The third-order valence-corrected chi connectivity index (χ3v) is 5.46. The van der Waals surface area contributed by atoms with Crippen LogP contribution in [-0.2, 0) is 9.59 Å². The Bertz CT molecular complexity index is 574. The first-order chi connectivity index (χ1) is 9.19. The van der Waals surface area contributed by atoms with Gasteiger partial charge in [0.15, 0.2) is 5.78 Å². The van der Waals surface area contributed by atoms with Crippen LogP contribution in [0.3, 0.4) is 0 Å². The lowest BCUT2D eigenvalue weighted by Gasteiger charge is -2.34. The molecule has 0 radical (unpaired) electrons. The van der Waals surface area contributed by atoms with E-state index in [1.165, 1.54) is 11.3 Å². The molecule has 2 heterocycles. The van der Waals surface area contributed by atoms with E-state index in [0.717, 1.165) is 8.69 Å². The van der Waals surface area contributed by atoms with Crippen LogP contribution in [0.15, 0.2) is 13.6 Å². The molecule has 0 atom stereocenters. The lowest BCUT2D eigenvalue weighted by molar-refractivity contribution is -0.151. The molecule has 1 saturated heterocycles. The van der Waals surface area contributed by atoms with E-state index in [2.05, 4.69) is 31.9 Å². The van der Waals surface area contributed by atoms with Crippen molar-refractivity contribution in [1.29, 1.82) is 0 Å². The second-order valence-electron chi connectivity index (χ2n) is 5.55. The summed E-state index contributed by atoms with van der Waals surface area (Å²) in [4.78, 5) is 37.3. The maximum atomic E-state index is 12.2. The first-order valence-corrected chi connectivity index (χ1v) is 8.41. The highest BCUT2D eigenvalue weighted by atomic mass is 79.9. The summed E-state index contributed by atoms with van der Waals surface area (Å²) in [6, 6.07) is 1.69. The van der Waals surface area contributed by atoms with Crippen LogP contribution in [-0.4, -0.2) is 29.0 Å². The smallest absolute Gasteiger partial charge is 0.230 e. The molecule has 0 spiro atoms. The number of hydrogen-bond donors (Lipinski definition) is 0. The lowest BCUT2D eigenvalue weighted by atomic mass is 9.81. The molecular formula is C13H13Br2NO3S. The van der Waals surface area contributed by atoms with E-state index in [4.69, 9.17) is 0 Å². The number of nitrogens with zero attached hydrogens (tertiary/aromatic N) is 1. The Labute approximate surface area is 137 Å². The van der Waals surface area contributed by atoms with Gasteiger partial charge in [0.2, 0.25) is 11.8 Å². The minimum Gasteiger partial charge on any atom is -0.292 e. The summed E-state index contributed by atoms with van der Waals surface area (Å²) in [5.74, 6) is -0.782. The Morgan fingerprint density at radius 2 is 1.85 bits per heavy atom. The molecule has 4 nitrogen and oxygen atoms in total. The second-order valence-corrected chi connectivity index (χ2v) is 9.30. The molecule has 1 fully saturated rings. The molecule has 108 valence electrons. The Morgan fingerprint density at radius 1 is 1.30 bits per heavy atom. The van der Waals surface area contributed by atoms with E-state index in [0.29, 0.717) is 22.2 Å². The highest BCUT2D eigenvalue weighted by molar-refractivity contribution is 9.12. The number of thiophene rings is 1. The third kappa shape index (κ3) is 3.38. The molecule has 2 amide bonds. The summed E-state index contributed by atoms with van der Waals surface area (Å²) < 4.78 is 1.52. The van der Waals surface area contributed by atoms with Gasteiger partial charge in [-0.3, -0.25) is 19.3 Å². The van der Waals surface area contributed by atoms with Crippen LogP contribution in [0.5, 0.6) is 0 Å². The van der Waals surface area contributed by atoms with Gasteiger partial charge in [0.1, 0.15) is 0 Å². The zero-order valence-electron chi connectivity index (χ0n) is 11.0. The van der Waals surface area contributed by atoms with Crippen molar-refractivity contribution in [3.8, 4) is 0 Å². The molecule has 7 heteroatoms. The van der Waals surface area contributed by atoms with Crippen LogP contribution in [0.2, 0.25) is 0 Å². The number of amides is 2. The van der Waals surface area contributed by atoms with Gasteiger partial charge in [-0.25, -0.2) is 0 Å². The Morgan fingerprint density at radius 3 is 2.30 bits per heavy atom. The van der Waals surface area contributed by atoms with E-state index in [1.54, 1.807) is 6.07 Å². The maximum Gasteiger partial charge on any atom is 0.230 e. The average Bonchev–Trinajstić information content (AvgIpc) is 2.61. The van der Waals surface area contributed by atoms with Crippen molar-refractivity contribution in [2.24, 2.45) is 5.41 Å². The number of Topliss-reactive ketones (excluding diaryl/α,β-unsaturated/α-hetero) is 1. The second kappa shape index (κ2) is 5.69. The number of likely N-dealkylation sites (tertiary alicyclic amines) is 1. The number of ketones is 1. The first-order valence-electron chi connectivity index (χ1n) is 6.01. The van der Waals surface area contributed by atoms with Crippen LogP contribution in [0.25, 0.3) is 0 Å². The molecule has 0 aliphatic carbocycles. The number of carbonyl (C=O) groups is 3. The first kappa shape index (κ1) is 15.9. The number of carbonyl (C=O) groups excluding carboxylic acids is 3. The van der Waals surface area contributed by atoms with Crippen LogP contribution in [0, 0.1) is 5.41 Å². The summed E-state index contributed by atoms with van der Waals surface area (Å²) in [5.41, 5.74) is 0.173. The fourth-order valence-corrected chi connectivity index (χ4v) is 5.00. The van der Waals surface area contributed by atoms with Crippen molar-refractivity contribution in [3.63, 3.8) is 0 Å². The van der Waals surface area contributed by atoms with Gasteiger partial charge >= 0.3 is 0 Å². The van der Waals surface area contributed by atoms with Crippen LogP contribution in [0.1, 0.15) is 37.0 Å². The van der Waals surface area contributed by atoms with E-state index in [9.17, 15) is 14.4 Å². The summed E-state index contributed by atoms with van der Waals surface area (Å²) in [5, 5.41) is 0. The number of hydrogen-bond acceptors (Lipinski definition) is 4. The minimum absolute atomic E-state index is 0.185. The SMILES string of the molecule is CC1(C)CC(=O)N(CC(=O)c2cc(Br)sc2Br)C(=O)C1. The summed E-state index contributed by atoms with van der Waals surface area (Å²) in [6.45, 7) is 3.58. The Hall–Kier alpha value is -0.530. The molecule has 1 aromatic rings. The molecule has 1 aliphatic rings. The number of piperidine rings is 1. The monoisotopic (exact) mass is 421 g/mol. The topological polar surface area (TPSA) is 54.5 Å². The van der Waals surface area contributed by atoms with E-state index < -0.39 is 0 Å². The minimum atomic E-state index is -0.320. The molecule has 0 aromatic carbocycles. The quantitative estimate of drug-likeness (QED) is 0.552. The zero-order chi connectivity index (χ0) is 15.1. The molecule has 0 saturated carbocycles. The lowest BCUT2D eigenvalue weighted by Crippen LogP contribution is -2.48. The van der Waals surface area contributed by atoms with Gasteiger partial charge in [-0.1, -0.05) is 13.8 Å². The molecule has 1 aliphatic heterocycles. The van der Waals surface area contributed by atoms with Crippen LogP contribution in [0.4, 0.5) is 0 Å². The van der Waals surface area contributed by atoms with Gasteiger partial charge in [0, 0.05) is 18.4 Å². The van der Waals surface area contributed by atoms with E-state index in [1.807, 2.05) is 13.8 Å². The number of imide groups is 1. The normalized spacial score (nSPS) is 18.5. The maximum absolute atomic E-state index is 12.2. The van der Waals surface area contributed by atoms with Crippen molar-refractivity contribution in [2.75, 3.05) is 6.54 Å². The highest BCUT2D eigenvalue weighted by Gasteiger charge is 2.38. The standard InChI is InChI=1S/C13H13Br2NO3S/c1-13(2)4-10(18)16(11(19)5-13)6-8(17)7-3-9(14)20-12(7)15/h3H,4-6H2,1-2H3. The predicted molar refractivity (Wildman–Crippen MR) is 83.8 cm³/mol. The van der Waals surface area contributed by atoms with Gasteiger partial charge in [-0.05, 0) is 43.3 Å². The summed E-state index contributed by atoms with van der Waals surface area (Å²) in [6.07, 6.45) is 0.584. The summed E-state index contributed by atoms with van der Waals surface area (Å²) >= 11 is 8.00. The average molecular weight is 423 g/mol.